The van der Waals surface area contributed by atoms with Crippen LogP contribution in [0, 0.1) is 0 Å². The van der Waals surface area contributed by atoms with E-state index < -0.39 is 0 Å². The summed E-state index contributed by atoms with van der Waals surface area (Å²) in [6.07, 6.45) is 9.78. The highest BCUT2D eigenvalue weighted by atomic mass is 16.3. The molecule has 1 aliphatic carbocycles. The van der Waals surface area contributed by atoms with Gasteiger partial charge in [-0.1, -0.05) is 38.7 Å². The van der Waals surface area contributed by atoms with Crippen LogP contribution in [-0.2, 0) is 0 Å². The van der Waals surface area contributed by atoms with E-state index in [1.165, 1.54) is 19.3 Å². The first-order valence-electron chi connectivity index (χ1n) is 6.30. The van der Waals surface area contributed by atoms with Gasteiger partial charge < -0.3 is 10.2 Å². The van der Waals surface area contributed by atoms with Gasteiger partial charge in [0.25, 0.3) is 0 Å². The molecule has 1 rings (SSSR count). The molecule has 2 atom stereocenters. The second-order valence-corrected chi connectivity index (χ2v) is 4.57. The first-order valence-corrected chi connectivity index (χ1v) is 6.30. The molecule has 2 heteroatoms. The Bertz CT molecular complexity index is 199. The van der Waals surface area contributed by atoms with E-state index in [2.05, 4.69) is 6.92 Å². The average molecular weight is 212 g/mol. The van der Waals surface area contributed by atoms with E-state index in [9.17, 15) is 10.2 Å². The first kappa shape index (κ1) is 12.7. The normalized spacial score (nSPS) is 26.1. The number of hydrogen-bond donors (Lipinski definition) is 2. The van der Waals surface area contributed by atoms with Crippen molar-refractivity contribution in [2.75, 3.05) is 0 Å². The summed E-state index contributed by atoms with van der Waals surface area (Å²) in [5.41, 5.74) is 1.05. The van der Waals surface area contributed by atoms with Crippen molar-refractivity contribution in [2.45, 2.75) is 70.5 Å². The Morgan fingerprint density at radius 2 is 2.20 bits per heavy atom. The van der Waals surface area contributed by atoms with Gasteiger partial charge in [0.1, 0.15) is 0 Å². The first-order chi connectivity index (χ1) is 7.24. The molecule has 1 fully saturated rings. The number of aliphatic hydroxyl groups excluding tert-OH is 2. The minimum absolute atomic E-state index is 0.282. The van der Waals surface area contributed by atoms with Crippen molar-refractivity contribution in [1.82, 2.24) is 0 Å². The highest BCUT2D eigenvalue weighted by Gasteiger charge is 2.18. The predicted octanol–water partition coefficient (Wildman–Crippen LogP) is 2.79. The van der Waals surface area contributed by atoms with E-state index in [0.717, 1.165) is 37.7 Å². The number of hydrogen-bond acceptors (Lipinski definition) is 2. The summed E-state index contributed by atoms with van der Waals surface area (Å²) in [6, 6.07) is 0. The lowest BCUT2D eigenvalue weighted by Crippen LogP contribution is -2.08. The zero-order valence-corrected chi connectivity index (χ0v) is 9.78. The third-order valence-electron chi connectivity index (χ3n) is 3.13. The van der Waals surface area contributed by atoms with Crippen LogP contribution in [0.3, 0.4) is 0 Å². The van der Waals surface area contributed by atoms with Gasteiger partial charge in [0.2, 0.25) is 0 Å². The lowest BCUT2D eigenvalue weighted by molar-refractivity contribution is 0.194. The number of unbranched alkanes of at least 4 members (excludes halogenated alkanes) is 3. The molecule has 15 heavy (non-hydrogen) atoms. The Kier molecular flexibility index (Phi) is 5.96. The minimum Gasteiger partial charge on any atom is -0.389 e. The fourth-order valence-electron chi connectivity index (χ4n) is 2.16. The highest BCUT2D eigenvalue weighted by Crippen LogP contribution is 2.25. The highest BCUT2D eigenvalue weighted by molar-refractivity contribution is 5.14. The van der Waals surface area contributed by atoms with Crippen LogP contribution >= 0.6 is 0 Å². The molecule has 0 amide bonds. The van der Waals surface area contributed by atoms with E-state index in [4.69, 9.17) is 0 Å². The third-order valence-corrected chi connectivity index (χ3v) is 3.13. The SMILES string of the molecule is CCCCCC[C@@H](O)/C=C1\CCC[C@H]1O. The smallest absolute Gasteiger partial charge is 0.0751 e. The summed E-state index contributed by atoms with van der Waals surface area (Å²) in [5, 5.41) is 19.3. The van der Waals surface area contributed by atoms with E-state index in [-0.39, 0.29) is 12.2 Å². The van der Waals surface area contributed by atoms with Gasteiger partial charge in [0, 0.05) is 0 Å². The molecule has 0 radical (unpaired) electrons. The average Bonchev–Trinajstić information content (AvgIpc) is 2.59. The van der Waals surface area contributed by atoms with Crippen molar-refractivity contribution >= 4 is 0 Å². The van der Waals surface area contributed by atoms with Crippen LogP contribution in [-0.4, -0.2) is 22.4 Å². The van der Waals surface area contributed by atoms with Crippen molar-refractivity contribution in [1.29, 1.82) is 0 Å². The summed E-state index contributed by atoms with van der Waals surface area (Å²) in [6.45, 7) is 2.19. The van der Waals surface area contributed by atoms with Crippen molar-refractivity contribution in [2.24, 2.45) is 0 Å². The molecular formula is C13H24O2. The molecule has 1 saturated carbocycles. The maximum absolute atomic E-state index is 9.74. The van der Waals surface area contributed by atoms with Crippen LogP contribution in [0.15, 0.2) is 11.6 Å². The molecule has 0 aromatic rings. The standard InChI is InChI=1S/C13H24O2/c1-2-3-4-5-8-12(14)10-11-7-6-9-13(11)15/h10,12-15H,2-9H2,1H3/b11-10+/t12-,13-/m1/s1. The van der Waals surface area contributed by atoms with Gasteiger partial charge >= 0.3 is 0 Å². The molecule has 88 valence electrons. The van der Waals surface area contributed by atoms with Gasteiger partial charge in [-0.15, -0.1) is 0 Å². The molecule has 0 aromatic carbocycles. The van der Waals surface area contributed by atoms with Crippen LogP contribution in [0.2, 0.25) is 0 Å². The lowest BCUT2D eigenvalue weighted by Gasteiger charge is -2.09. The fraction of sp³-hybridized carbons (Fsp3) is 0.846. The number of rotatable bonds is 6. The summed E-state index contributed by atoms with van der Waals surface area (Å²) in [7, 11) is 0. The monoisotopic (exact) mass is 212 g/mol. The van der Waals surface area contributed by atoms with Gasteiger partial charge in [0.15, 0.2) is 0 Å². The summed E-state index contributed by atoms with van der Waals surface area (Å²) >= 11 is 0. The van der Waals surface area contributed by atoms with Gasteiger partial charge in [-0.05, 0) is 31.3 Å². The molecule has 2 N–H and O–H groups in total. The van der Waals surface area contributed by atoms with Crippen molar-refractivity contribution in [3.63, 3.8) is 0 Å². The number of aliphatic hydroxyl groups is 2. The second-order valence-electron chi connectivity index (χ2n) is 4.57. The summed E-state index contributed by atoms with van der Waals surface area (Å²) in [4.78, 5) is 0. The molecular weight excluding hydrogens is 188 g/mol. The Hall–Kier alpha value is -0.340. The van der Waals surface area contributed by atoms with Crippen LogP contribution in [0.5, 0.6) is 0 Å². The van der Waals surface area contributed by atoms with E-state index >= 15 is 0 Å². The molecule has 0 heterocycles. The Morgan fingerprint density at radius 3 is 2.80 bits per heavy atom. The zero-order valence-electron chi connectivity index (χ0n) is 9.78. The Labute approximate surface area is 93.0 Å². The Balaban J connectivity index is 2.19. The zero-order chi connectivity index (χ0) is 11.1. The summed E-state index contributed by atoms with van der Waals surface area (Å²) < 4.78 is 0. The molecule has 0 aromatic heterocycles. The molecule has 0 bridgehead atoms. The van der Waals surface area contributed by atoms with Gasteiger partial charge in [-0.2, -0.15) is 0 Å². The summed E-state index contributed by atoms with van der Waals surface area (Å²) in [5.74, 6) is 0. The quantitative estimate of drug-likeness (QED) is 0.525. The lowest BCUT2D eigenvalue weighted by atomic mass is 10.1. The fourth-order valence-corrected chi connectivity index (χ4v) is 2.16. The van der Waals surface area contributed by atoms with E-state index in [1.807, 2.05) is 6.08 Å². The predicted molar refractivity (Wildman–Crippen MR) is 62.7 cm³/mol. The van der Waals surface area contributed by atoms with Crippen LogP contribution in [0.1, 0.15) is 58.3 Å². The van der Waals surface area contributed by atoms with Gasteiger partial charge in [-0.3, -0.25) is 0 Å². The van der Waals surface area contributed by atoms with E-state index in [0.29, 0.717) is 0 Å². The molecule has 0 unspecified atom stereocenters. The van der Waals surface area contributed by atoms with Gasteiger partial charge in [0.05, 0.1) is 12.2 Å². The van der Waals surface area contributed by atoms with Crippen molar-refractivity contribution in [3.8, 4) is 0 Å². The van der Waals surface area contributed by atoms with Gasteiger partial charge in [-0.25, -0.2) is 0 Å². The van der Waals surface area contributed by atoms with E-state index in [1.54, 1.807) is 0 Å². The second kappa shape index (κ2) is 7.02. The molecule has 1 aliphatic rings. The van der Waals surface area contributed by atoms with Crippen LogP contribution in [0.25, 0.3) is 0 Å². The maximum Gasteiger partial charge on any atom is 0.0751 e. The van der Waals surface area contributed by atoms with Crippen LogP contribution < -0.4 is 0 Å². The Morgan fingerprint density at radius 1 is 1.40 bits per heavy atom. The van der Waals surface area contributed by atoms with Crippen LogP contribution in [0.4, 0.5) is 0 Å². The third kappa shape index (κ3) is 4.80. The largest absolute Gasteiger partial charge is 0.389 e. The maximum atomic E-state index is 9.74. The molecule has 2 nitrogen and oxygen atoms in total. The molecule has 0 spiro atoms. The topological polar surface area (TPSA) is 40.5 Å². The minimum atomic E-state index is -0.343. The molecule has 0 aliphatic heterocycles. The van der Waals surface area contributed by atoms with Crippen molar-refractivity contribution < 1.29 is 10.2 Å². The molecule has 0 saturated heterocycles. The van der Waals surface area contributed by atoms with Crippen molar-refractivity contribution in [3.05, 3.63) is 11.6 Å².